The van der Waals surface area contributed by atoms with Gasteiger partial charge in [0.25, 0.3) is 11.7 Å². The van der Waals surface area contributed by atoms with Crippen LogP contribution in [-0.4, -0.2) is 58.3 Å². The van der Waals surface area contributed by atoms with Crippen LogP contribution in [0.2, 0.25) is 0 Å². The van der Waals surface area contributed by atoms with Gasteiger partial charge in [-0.1, -0.05) is 40.2 Å². The zero-order chi connectivity index (χ0) is 23.2. The van der Waals surface area contributed by atoms with E-state index >= 15 is 0 Å². The van der Waals surface area contributed by atoms with Crippen LogP contribution in [0, 0.1) is 6.92 Å². The molecule has 1 unspecified atom stereocenters. The molecule has 1 aliphatic heterocycles. The van der Waals surface area contributed by atoms with Crippen molar-refractivity contribution < 1.29 is 14.7 Å². The number of aryl methyl sites for hydroxylation is 2. The molecular formula is C25H26BrN3O3. The molecule has 1 fully saturated rings. The van der Waals surface area contributed by atoms with E-state index in [4.69, 9.17) is 0 Å². The summed E-state index contributed by atoms with van der Waals surface area (Å²) in [5.41, 5.74) is 3.41. The fraction of sp³-hybridized carbons (Fsp3) is 0.280. The van der Waals surface area contributed by atoms with Gasteiger partial charge in [-0.3, -0.25) is 9.59 Å². The summed E-state index contributed by atoms with van der Waals surface area (Å²) < 4.78 is 2.90. The Balaban J connectivity index is 1.95. The van der Waals surface area contributed by atoms with Crippen molar-refractivity contribution >= 4 is 44.3 Å². The number of benzene rings is 2. The van der Waals surface area contributed by atoms with Gasteiger partial charge in [-0.05, 0) is 44.8 Å². The number of nitrogens with zero attached hydrogens (tertiary/aromatic N) is 3. The molecule has 1 aliphatic rings. The fourth-order valence-electron chi connectivity index (χ4n) is 4.28. The number of para-hydroxylation sites is 1. The van der Waals surface area contributed by atoms with E-state index in [1.807, 2.05) is 80.1 Å². The lowest BCUT2D eigenvalue weighted by atomic mass is 9.94. The highest BCUT2D eigenvalue weighted by Gasteiger charge is 2.46. The summed E-state index contributed by atoms with van der Waals surface area (Å²) in [7, 11) is 5.79. The third-order valence-corrected chi connectivity index (χ3v) is 6.87. The first kappa shape index (κ1) is 22.3. The van der Waals surface area contributed by atoms with Gasteiger partial charge in [0, 0.05) is 52.8 Å². The summed E-state index contributed by atoms with van der Waals surface area (Å²) in [5, 5.41) is 12.2. The van der Waals surface area contributed by atoms with Crippen molar-refractivity contribution in [2.75, 3.05) is 27.2 Å². The number of fused-ring (bicyclic) bond motifs is 1. The zero-order valence-corrected chi connectivity index (χ0v) is 20.2. The van der Waals surface area contributed by atoms with Gasteiger partial charge in [-0.15, -0.1) is 0 Å². The van der Waals surface area contributed by atoms with E-state index in [2.05, 4.69) is 15.9 Å². The molecule has 1 amide bonds. The molecule has 4 rings (SSSR count). The van der Waals surface area contributed by atoms with Gasteiger partial charge < -0.3 is 19.5 Å². The van der Waals surface area contributed by atoms with Crippen molar-refractivity contribution in [3.63, 3.8) is 0 Å². The van der Waals surface area contributed by atoms with Gasteiger partial charge >= 0.3 is 0 Å². The maximum absolute atomic E-state index is 13.2. The van der Waals surface area contributed by atoms with Gasteiger partial charge in [-0.25, -0.2) is 0 Å². The minimum Gasteiger partial charge on any atom is -0.507 e. The SMILES string of the molecule is Cc1cc(/C(O)=C2\C(=O)C(=O)N(CCN(C)C)C2c2cn(C)c3ccccc23)ccc1Br. The first-order valence-electron chi connectivity index (χ1n) is 10.4. The van der Waals surface area contributed by atoms with E-state index in [0.29, 0.717) is 18.7 Å². The number of halogens is 1. The second kappa shape index (κ2) is 8.56. The minimum atomic E-state index is -0.662. The molecule has 0 radical (unpaired) electrons. The monoisotopic (exact) mass is 495 g/mol. The third kappa shape index (κ3) is 3.76. The summed E-state index contributed by atoms with van der Waals surface area (Å²) in [4.78, 5) is 29.9. The number of Topliss-reactive ketones (excluding diaryl/α,β-unsaturated/α-hetero) is 1. The Morgan fingerprint density at radius 3 is 2.56 bits per heavy atom. The van der Waals surface area contributed by atoms with E-state index in [9.17, 15) is 14.7 Å². The van der Waals surface area contributed by atoms with Crippen molar-refractivity contribution in [3.05, 3.63) is 75.4 Å². The molecule has 1 saturated heterocycles. The first-order valence-corrected chi connectivity index (χ1v) is 11.2. The highest BCUT2D eigenvalue weighted by Crippen LogP contribution is 2.42. The highest BCUT2D eigenvalue weighted by molar-refractivity contribution is 9.10. The molecule has 1 atom stereocenters. The Morgan fingerprint density at radius 1 is 1.16 bits per heavy atom. The Kier molecular flexibility index (Phi) is 5.97. The number of aliphatic hydroxyl groups excluding tert-OH is 1. The van der Waals surface area contributed by atoms with Gasteiger partial charge in [0.2, 0.25) is 0 Å². The van der Waals surface area contributed by atoms with Crippen LogP contribution in [0.3, 0.4) is 0 Å². The van der Waals surface area contributed by atoms with Gasteiger partial charge in [0.05, 0.1) is 11.6 Å². The third-order valence-electron chi connectivity index (χ3n) is 5.98. The van der Waals surface area contributed by atoms with Crippen LogP contribution in [0.4, 0.5) is 0 Å². The lowest BCUT2D eigenvalue weighted by molar-refractivity contribution is -0.140. The van der Waals surface area contributed by atoms with Gasteiger partial charge in [0.15, 0.2) is 0 Å². The molecule has 0 saturated carbocycles. The Morgan fingerprint density at radius 2 is 1.88 bits per heavy atom. The second-order valence-electron chi connectivity index (χ2n) is 8.47. The van der Waals surface area contributed by atoms with Crippen molar-refractivity contribution in [1.82, 2.24) is 14.4 Å². The molecule has 3 aromatic rings. The van der Waals surface area contributed by atoms with Crippen molar-refractivity contribution in [1.29, 1.82) is 0 Å². The molecular weight excluding hydrogens is 470 g/mol. The van der Waals surface area contributed by atoms with Crippen molar-refractivity contribution in [2.24, 2.45) is 7.05 Å². The number of hydrogen-bond donors (Lipinski definition) is 1. The molecule has 1 aromatic heterocycles. The largest absolute Gasteiger partial charge is 0.507 e. The van der Waals surface area contributed by atoms with Crippen LogP contribution in [0.1, 0.15) is 22.7 Å². The molecule has 0 aliphatic carbocycles. The Labute approximate surface area is 195 Å². The average molecular weight is 496 g/mol. The lowest BCUT2D eigenvalue weighted by Gasteiger charge is -2.26. The molecule has 2 aromatic carbocycles. The number of likely N-dealkylation sites (tertiary alicyclic amines) is 1. The zero-order valence-electron chi connectivity index (χ0n) is 18.6. The van der Waals surface area contributed by atoms with Crippen LogP contribution in [-0.2, 0) is 16.6 Å². The smallest absolute Gasteiger partial charge is 0.295 e. The quantitative estimate of drug-likeness (QED) is 0.326. The van der Waals surface area contributed by atoms with Crippen LogP contribution >= 0.6 is 15.9 Å². The first-order chi connectivity index (χ1) is 15.2. The van der Waals surface area contributed by atoms with Gasteiger partial charge in [-0.2, -0.15) is 0 Å². The maximum Gasteiger partial charge on any atom is 0.295 e. The molecule has 2 heterocycles. The number of carbonyl (C=O) groups is 2. The van der Waals surface area contributed by atoms with Crippen molar-refractivity contribution in [2.45, 2.75) is 13.0 Å². The van der Waals surface area contributed by atoms with Crippen LogP contribution in [0.5, 0.6) is 0 Å². The Bertz CT molecular complexity index is 1260. The van der Waals surface area contributed by atoms with E-state index in [1.165, 1.54) is 0 Å². The van der Waals surface area contributed by atoms with Crippen LogP contribution in [0.15, 0.2) is 58.7 Å². The molecule has 32 heavy (non-hydrogen) atoms. The summed E-state index contributed by atoms with van der Waals surface area (Å²) in [6.07, 6.45) is 1.95. The van der Waals surface area contributed by atoms with E-state index in [-0.39, 0.29) is 11.3 Å². The summed E-state index contributed by atoms with van der Waals surface area (Å²) in [6.45, 7) is 2.89. The number of likely N-dealkylation sites (N-methyl/N-ethyl adjacent to an activating group) is 1. The molecule has 166 valence electrons. The normalized spacial score (nSPS) is 18.3. The number of aliphatic hydroxyl groups is 1. The molecule has 0 spiro atoms. The minimum absolute atomic E-state index is 0.131. The summed E-state index contributed by atoms with van der Waals surface area (Å²) in [6, 6.07) is 12.6. The lowest BCUT2D eigenvalue weighted by Crippen LogP contribution is -2.35. The van der Waals surface area contributed by atoms with E-state index in [1.54, 1.807) is 11.0 Å². The molecule has 1 N–H and O–H groups in total. The van der Waals surface area contributed by atoms with Crippen LogP contribution in [0.25, 0.3) is 16.7 Å². The second-order valence-corrected chi connectivity index (χ2v) is 9.33. The number of amides is 1. The van der Waals surface area contributed by atoms with Crippen molar-refractivity contribution in [3.8, 4) is 0 Å². The molecule has 6 nitrogen and oxygen atoms in total. The standard InChI is InChI=1S/C25H26BrN3O3/c1-15-13-16(9-10-19(15)26)23(30)21-22(29(12-11-27(2)3)25(32)24(21)31)18-14-28(4)20-8-6-5-7-17(18)20/h5-10,13-14,22,30H,11-12H2,1-4H3/b23-21+. The van der Waals surface area contributed by atoms with E-state index in [0.717, 1.165) is 26.5 Å². The van der Waals surface area contributed by atoms with E-state index < -0.39 is 17.7 Å². The number of hydrogen-bond acceptors (Lipinski definition) is 4. The van der Waals surface area contributed by atoms with Crippen LogP contribution < -0.4 is 0 Å². The fourth-order valence-corrected chi connectivity index (χ4v) is 4.53. The number of rotatable bonds is 5. The number of carbonyl (C=O) groups excluding carboxylic acids is 2. The number of ketones is 1. The predicted octanol–water partition coefficient (Wildman–Crippen LogP) is 4.23. The topological polar surface area (TPSA) is 65.8 Å². The average Bonchev–Trinajstić information content (AvgIpc) is 3.22. The van der Waals surface area contributed by atoms with Gasteiger partial charge in [0.1, 0.15) is 5.76 Å². The maximum atomic E-state index is 13.2. The molecule has 0 bridgehead atoms. The predicted molar refractivity (Wildman–Crippen MR) is 129 cm³/mol. The summed E-state index contributed by atoms with van der Waals surface area (Å²) in [5.74, 6) is -1.39. The Hall–Kier alpha value is -2.90. The molecule has 7 heteroatoms. The summed E-state index contributed by atoms with van der Waals surface area (Å²) >= 11 is 3.47. The number of aromatic nitrogens is 1. The highest BCUT2D eigenvalue weighted by atomic mass is 79.9.